The molecule has 0 bridgehead atoms. The van der Waals surface area contributed by atoms with Gasteiger partial charge in [0.25, 0.3) is 0 Å². The van der Waals surface area contributed by atoms with Crippen molar-refractivity contribution >= 4 is 12.0 Å². The van der Waals surface area contributed by atoms with Gasteiger partial charge in [-0.2, -0.15) is 0 Å². The number of alkyl carbamates (subject to hydrolysis) is 1. The maximum absolute atomic E-state index is 12.9. The quantitative estimate of drug-likeness (QED) is 0.793. The van der Waals surface area contributed by atoms with Gasteiger partial charge in [0.1, 0.15) is 0 Å². The average molecular weight is 373 g/mol. The van der Waals surface area contributed by atoms with Crippen molar-refractivity contribution in [2.45, 2.75) is 45.4 Å². The normalized spacial score (nSPS) is 24.5. The Hall–Kier alpha value is -2.04. The molecule has 1 heterocycles. The van der Waals surface area contributed by atoms with Gasteiger partial charge in [-0.05, 0) is 41.2 Å². The zero-order valence-corrected chi connectivity index (χ0v) is 16.9. The van der Waals surface area contributed by atoms with Crippen LogP contribution in [0.15, 0.2) is 24.3 Å². The highest BCUT2D eigenvalue weighted by Gasteiger charge is 2.57. The number of carbonyl (C=O) groups is 2. The lowest BCUT2D eigenvalue weighted by Gasteiger charge is -2.25. The zero-order valence-electron chi connectivity index (χ0n) is 16.9. The van der Waals surface area contributed by atoms with E-state index in [4.69, 9.17) is 0 Å². The maximum Gasteiger partial charge on any atom is 0.406 e. The molecule has 2 aliphatic rings. The molecule has 27 heavy (non-hydrogen) atoms. The third-order valence-corrected chi connectivity index (χ3v) is 6.16. The van der Waals surface area contributed by atoms with Crippen molar-refractivity contribution in [2.75, 3.05) is 26.7 Å². The van der Waals surface area contributed by atoms with Gasteiger partial charge in [-0.1, -0.05) is 51.5 Å². The summed E-state index contributed by atoms with van der Waals surface area (Å²) in [6.45, 7) is 8.54. The van der Waals surface area contributed by atoms with Crippen molar-refractivity contribution in [2.24, 2.45) is 17.8 Å². The highest BCUT2D eigenvalue weighted by Crippen LogP contribution is 2.58. The Labute approximate surface area is 162 Å². The predicted molar refractivity (Wildman–Crippen MR) is 106 cm³/mol. The zero-order chi connectivity index (χ0) is 19.6. The number of hydrogen-bond donors (Lipinski definition) is 1. The van der Waals surface area contributed by atoms with E-state index < -0.39 is 6.09 Å². The second kappa shape index (κ2) is 8.32. The number of benzene rings is 1. The van der Waals surface area contributed by atoms with Gasteiger partial charge in [-0.25, -0.2) is 4.79 Å². The summed E-state index contributed by atoms with van der Waals surface area (Å²) in [7, 11) is 1.34. The van der Waals surface area contributed by atoms with Gasteiger partial charge >= 0.3 is 6.09 Å². The first-order valence-electron chi connectivity index (χ1n) is 10.2. The van der Waals surface area contributed by atoms with E-state index in [-0.39, 0.29) is 11.8 Å². The molecule has 148 valence electrons. The van der Waals surface area contributed by atoms with E-state index in [1.807, 2.05) is 4.90 Å². The summed E-state index contributed by atoms with van der Waals surface area (Å²) in [6, 6.07) is 9.02. The number of amides is 2. The van der Waals surface area contributed by atoms with Crippen LogP contribution < -0.4 is 5.32 Å². The molecule has 3 rings (SSSR count). The van der Waals surface area contributed by atoms with Crippen molar-refractivity contribution in [3.63, 3.8) is 0 Å². The van der Waals surface area contributed by atoms with Crippen molar-refractivity contribution in [1.29, 1.82) is 0 Å². The molecule has 1 aromatic carbocycles. The van der Waals surface area contributed by atoms with Gasteiger partial charge in [0.05, 0.1) is 13.0 Å². The van der Waals surface area contributed by atoms with Crippen LogP contribution in [-0.4, -0.2) is 43.6 Å². The van der Waals surface area contributed by atoms with Crippen molar-refractivity contribution in [1.82, 2.24) is 10.2 Å². The number of fused-ring (bicyclic) bond motifs is 1. The first-order valence-corrected chi connectivity index (χ1v) is 10.2. The molecular formula is C22H32N2O3. The van der Waals surface area contributed by atoms with E-state index in [2.05, 4.69) is 55.1 Å². The third-order valence-electron chi connectivity index (χ3n) is 6.16. The molecule has 0 radical (unpaired) electrons. The molecule has 2 fully saturated rings. The lowest BCUT2D eigenvalue weighted by atomic mass is 9.98. The molecule has 1 aliphatic heterocycles. The van der Waals surface area contributed by atoms with E-state index >= 15 is 0 Å². The SMILES string of the molecule is CCC[C@H](CNC(=O)OC)C(=O)N1C[C@@H]2[C@H](C1)[C@H]2c1ccc(C(C)C)cc1. The fourth-order valence-electron chi connectivity index (χ4n) is 4.50. The summed E-state index contributed by atoms with van der Waals surface area (Å²) in [5.74, 6) is 2.36. The number of hydrogen-bond acceptors (Lipinski definition) is 3. The molecule has 1 aliphatic carbocycles. The number of piperidine rings is 1. The van der Waals surface area contributed by atoms with E-state index in [1.54, 1.807) is 0 Å². The third kappa shape index (κ3) is 4.28. The second-order valence-corrected chi connectivity index (χ2v) is 8.28. The standard InChI is InChI=1S/C22H32N2O3/c1-5-6-17(11-23-22(26)27-4)21(25)24-12-18-19(13-24)20(18)16-9-7-15(8-10-16)14(2)3/h7-10,14,17-20H,5-6,11-13H2,1-4H3,(H,23,26)/t17-,18-,19+,20+/m1/s1. The number of nitrogens with zero attached hydrogens (tertiary/aromatic N) is 1. The summed E-state index contributed by atoms with van der Waals surface area (Å²) >= 11 is 0. The molecule has 1 saturated carbocycles. The number of carbonyl (C=O) groups excluding carboxylic acids is 2. The highest BCUT2D eigenvalue weighted by atomic mass is 16.5. The Morgan fingerprint density at radius 3 is 2.33 bits per heavy atom. The summed E-state index contributed by atoms with van der Waals surface area (Å²) in [5, 5.41) is 2.68. The first-order chi connectivity index (χ1) is 13.0. The van der Waals surface area contributed by atoms with Gasteiger partial charge in [-0.15, -0.1) is 0 Å². The van der Waals surface area contributed by atoms with Crippen molar-refractivity contribution in [3.8, 4) is 0 Å². The molecule has 2 amide bonds. The lowest BCUT2D eigenvalue weighted by molar-refractivity contribution is -0.135. The number of ether oxygens (including phenoxy) is 1. The van der Waals surface area contributed by atoms with Crippen LogP contribution in [0, 0.1) is 17.8 Å². The summed E-state index contributed by atoms with van der Waals surface area (Å²) in [6.07, 6.45) is 1.23. The van der Waals surface area contributed by atoms with Crippen LogP contribution in [0.5, 0.6) is 0 Å². The Morgan fingerprint density at radius 1 is 1.19 bits per heavy atom. The predicted octanol–water partition coefficient (Wildman–Crippen LogP) is 3.75. The summed E-state index contributed by atoms with van der Waals surface area (Å²) in [5.41, 5.74) is 2.79. The Kier molecular flexibility index (Phi) is 6.08. The van der Waals surface area contributed by atoms with Crippen LogP contribution in [0.3, 0.4) is 0 Å². The van der Waals surface area contributed by atoms with Crippen LogP contribution in [0.4, 0.5) is 4.79 Å². The second-order valence-electron chi connectivity index (χ2n) is 8.28. The molecule has 0 unspecified atom stereocenters. The molecule has 4 atom stereocenters. The first kappa shape index (κ1) is 19.7. The van der Waals surface area contributed by atoms with Crippen molar-refractivity contribution < 1.29 is 14.3 Å². The molecule has 5 nitrogen and oxygen atoms in total. The van der Waals surface area contributed by atoms with Gasteiger partial charge in [0.2, 0.25) is 5.91 Å². The van der Waals surface area contributed by atoms with Gasteiger partial charge < -0.3 is 15.0 Å². The smallest absolute Gasteiger partial charge is 0.406 e. The molecule has 1 aromatic rings. The van der Waals surface area contributed by atoms with Gasteiger partial charge in [0.15, 0.2) is 0 Å². The van der Waals surface area contributed by atoms with Crippen LogP contribution in [0.25, 0.3) is 0 Å². The number of methoxy groups -OCH3 is 1. The van der Waals surface area contributed by atoms with Crippen LogP contribution >= 0.6 is 0 Å². The topological polar surface area (TPSA) is 58.6 Å². The molecule has 0 aromatic heterocycles. The maximum atomic E-state index is 12.9. The number of nitrogens with one attached hydrogen (secondary N) is 1. The summed E-state index contributed by atoms with van der Waals surface area (Å²) in [4.78, 5) is 26.2. The summed E-state index contributed by atoms with van der Waals surface area (Å²) < 4.78 is 4.62. The van der Waals surface area contributed by atoms with Crippen LogP contribution in [-0.2, 0) is 9.53 Å². The molecular weight excluding hydrogens is 340 g/mol. The fraction of sp³-hybridized carbons (Fsp3) is 0.636. The van der Waals surface area contributed by atoms with E-state index in [1.165, 1.54) is 18.2 Å². The van der Waals surface area contributed by atoms with Gasteiger partial charge in [0, 0.05) is 19.6 Å². The molecule has 0 spiro atoms. The largest absolute Gasteiger partial charge is 0.453 e. The average Bonchev–Trinajstić information content (AvgIpc) is 3.17. The monoisotopic (exact) mass is 372 g/mol. The minimum Gasteiger partial charge on any atom is -0.453 e. The van der Waals surface area contributed by atoms with Crippen LogP contribution in [0.1, 0.15) is 56.6 Å². The minimum atomic E-state index is -0.474. The molecule has 1 N–H and O–H groups in total. The van der Waals surface area contributed by atoms with Gasteiger partial charge in [-0.3, -0.25) is 4.79 Å². The number of likely N-dealkylation sites (tertiary alicyclic amines) is 1. The van der Waals surface area contributed by atoms with Crippen LogP contribution in [0.2, 0.25) is 0 Å². The molecule has 1 saturated heterocycles. The van der Waals surface area contributed by atoms with Crippen molar-refractivity contribution in [3.05, 3.63) is 35.4 Å². The lowest BCUT2D eigenvalue weighted by Crippen LogP contribution is -2.41. The minimum absolute atomic E-state index is 0.157. The van der Waals surface area contributed by atoms with E-state index in [0.29, 0.717) is 30.2 Å². The Morgan fingerprint density at radius 2 is 1.81 bits per heavy atom. The fourth-order valence-corrected chi connectivity index (χ4v) is 4.50. The van der Waals surface area contributed by atoms with E-state index in [9.17, 15) is 9.59 Å². The van der Waals surface area contributed by atoms with E-state index in [0.717, 1.165) is 25.9 Å². The number of rotatable bonds is 7. The highest BCUT2D eigenvalue weighted by molar-refractivity contribution is 5.80. The molecule has 5 heteroatoms. The Balaban J connectivity index is 1.54. The Bertz CT molecular complexity index is 659.